The Morgan fingerprint density at radius 2 is 1.73 bits per heavy atom. The van der Waals surface area contributed by atoms with Crippen molar-refractivity contribution in [3.63, 3.8) is 0 Å². The maximum atomic E-state index is 12.4. The van der Waals surface area contributed by atoms with E-state index >= 15 is 0 Å². The fourth-order valence-electron chi connectivity index (χ4n) is 4.67. The molecule has 1 aromatic heterocycles. The minimum Gasteiger partial charge on any atom is -0.489 e. The second-order valence-corrected chi connectivity index (χ2v) is 10.7. The lowest BCUT2D eigenvalue weighted by molar-refractivity contribution is -0.0481. The highest BCUT2D eigenvalue weighted by Crippen LogP contribution is 2.38. The molecule has 0 radical (unpaired) electrons. The van der Waals surface area contributed by atoms with Crippen molar-refractivity contribution in [2.45, 2.75) is 83.6 Å². The molecular formula is C25H39N3O5. The number of methoxy groups -OCH3 is 1. The molecule has 1 aromatic rings. The van der Waals surface area contributed by atoms with Gasteiger partial charge in [-0.15, -0.1) is 0 Å². The quantitative estimate of drug-likeness (QED) is 0.589. The predicted octanol–water partition coefficient (Wildman–Crippen LogP) is 4.14. The molecule has 2 aliphatic rings. The van der Waals surface area contributed by atoms with Crippen LogP contribution in [0.5, 0.6) is 5.75 Å². The van der Waals surface area contributed by atoms with Gasteiger partial charge < -0.3 is 19.1 Å². The van der Waals surface area contributed by atoms with Crippen molar-refractivity contribution >= 4 is 12.1 Å². The van der Waals surface area contributed by atoms with Gasteiger partial charge in [0.1, 0.15) is 23.1 Å². The van der Waals surface area contributed by atoms with Crippen molar-refractivity contribution < 1.29 is 23.8 Å². The zero-order valence-electron chi connectivity index (χ0n) is 21.1. The molecule has 1 amide bonds. The second kappa shape index (κ2) is 9.87. The molecule has 1 saturated carbocycles. The number of aromatic nitrogens is 1. The Balaban J connectivity index is 1.46. The van der Waals surface area contributed by atoms with Crippen LogP contribution in [0.15, 0.2) is 18.3 Å². The monoisotopic (exact) mass is 461 g/mol. The Hall–Kier alpha value is -2.35. The molecule has 33 heavy (non-hydrogen) atoms. The van der Waals surface area contributed by atoms with E-state index in [2.05, 4.69) is 35.5 Å². The summed E-state index contributed by atoms with van der Waals surface area (Å²) in [5, 5.41) is 0. The Bertz CT molecular complexity index is 819. The van der Waals surface area contributed by atoms with Crippen molar-refractivity contribution in [3.05, 3.63) is 24.0 Å². The first-order valence-corrected chi connectivity index (χ1v) is 11.8. The number of hydrogen-bond donors (Lipinski definition) is 0. The third-order valence-corrected chi connectivity index (χ3v) is 7.11. The molecular weight excluding hydrogens is 422 g/mol. The summed E-state index contributed by atoms with van der Waals surface area (Å²) in [5.41, 5.74) is -0.162. The molecule has 1 aliphatic heterocycles. The zero-order chi connectivity index (χ0) is 24.4. The number of amides is 1. The third-order valence-electron chi connectivity index (χ3n) is 7.11. The van der Waals surface area contributed by atoms with Gasteiger partial charge in [-0.05, 0) is 72.6 Å². The molecule has 0 N–H and O–H groups in total. The molecule has 2 heterocycles. The molecule has 0 bridgehead atoms. The number of likely N-dealkylation sites (tertiary alicyclic amines) is 1. The fraction of sp³-hybridized carbons (Fsp3) is 0.720. The normalized spacial score (nSPS) is 22.0. The van der Waals surface area contributed by atoms with Crippen LogP contribution in [0.2, 0.25) is 0 Å². The number of carbonyl (C=O) groups excluding carboxylic acids is 2. The minimum atomic E-state index is -0.463. The number of nitrogens with zero attached hydrogens (tertiary/aromatic N) is 3. The van der Waals surface area contributed by atoms with Gasteiger partial charge in [-0.1, -0.05) is 0 Å². The summed E-state index contributed by atoms with van der Waals surface area (Å²) in [6, 6.07) is 3.84. The van der Waals surface area contributed by atoms with E-state index in [1.165, 1.54) is 7.11 Å². The van der Waals surface area contributed by atoms with E-state index in [9.17, 15) is 9.59 Å². The van der Waals surface area contributed by atoms with Gasteiger partial charge in [0.2, 0.25) is 0 Å². The lowest BCUT2D eigenvalue weighted by Gasteiger charge is -2.52. The molecule has 8 nitrogen and oxygen atoms in total. The maximum absolute atomic E-state index is 12.4. The van der Waals surface area contributed by atoms with Crippen molar-refractivity contribution in [2.24, 2.45) is 5.92 Å². The van der Waals surface area contributed by atoms with E-state index in [-0.39, 0.29) is 23.4 Å². The number of ether oxygens (including phenoxy) is 3. The Kier molecular flexibility index (Phi) is 7.56. The summed E-state index contributed by atoms with van der Waals surface area (Å²) in [5.74, 6) is 0.727. The topological polar surface area (TPSA) is 81.2 Å². The number of piperidine rings is 1. The number of esters is 1. The van der Waals surface area contributed by atoms with E-state index in [0.717, 1.165) is 38.8 Å². The number of rotatable bonds is 6. The summed E-state index contributed by atoms with van der Waals surface area (Å²) in [6.45, 7) is 11.8. The maximum Gasteiger partial charge on any atom is 0.410 e. The van der Waals surface area contributed by atoms with Crippen LogP contribution in [-0.2, 0) is 9.47 Å². The molecule has 0 unspecified atom stereocenters. The van der Waals surface area contributed by atoms with E-state index in [1.54, 1.807) is 18.3 Å². The van der Waals surface area contributed by atoms with Crippen molar-refractivity contribution in [3.8, 4) is 5.75 Å². The molecule has 1 aliphatic carbocycles. The standard InChI is InChI=1S/C25H39N3O5/c1-24(2,3)33-23(30)28-12-10-17(11-13-28)25(4,5)27(6)18-14-20(15-18)32-19-8-9-21(26-16-19)22(29)31-7/h8-9,16-18,20H,10-15H2,1-7H3. The van der Waals surface area contributed by atoms with Gasteiger partial charge in [0, 0.05) is 37.5 Å². The summed E-state index contributed by atoms with van der Waals surface area (Å²) in [4.78, 5) is 32.3. The van der Waals surface area contributed by atoms with Gasteiger partial charge in [-0.3, -0.25) is 4.90 Å². The van der Waals surface area contributed by atoms with E-state index in [4.69, 9.17) is 9.47 Å². The largest absolute Gasteiger partial charge is 0.489 e. The highest BCUT2D eigenvalue weighted by Gasteiger charge is 2.44. The van der Waals surface area contributed by atoms with E-state index < -0.39 is 11.6 Å². The summed E-state index contributed by atoms with van der Waals surface area (Å²) >= 11 is 0. The Morgan fingerprint density at radius 3 is 2.24 bits per heavy atom. The summed E-state index contributed by atoms with van der Waals surface area (Å²) in [6.07, 6.45) is 5.37. The Morgan fingerprint density at radius 1 is 1.09 bits per heavy atom. The zero-order valence-corrected chi connectivity index (χ0v) is 21.1. The lowest BCUT2D eigenvalue weighted by atomic mass is 9.76. The average Bonchev–Trinajstić information content (AvgIpc) is 2.74. The number of carbonyl (C=O) groups is 2. The lowest BCUT2D eigenvalue weighted by Crippen LogP contribution is -2.59. The molecule has 1 saturated heterocycles. The number of pyridine rings is 1. The van der Waals surface area contributed by atoms with Gasteiger partial charge in [-0.2, -0.15) is 0 Å². The van der Waals surface area contributed by atoms with Crippen LogP contribution in [0.25, 0.3) is 0 Å². The van der Waals surface area contributed by atoms with Crippen LogP contribution in [0.3, 0.4) is 0 Å². The molecule has 0 atom stereocenters. The van der Waals surface area contributed by atoms with Crippen LogP contribution >= 0.6 is 0 Å². The van der Waals surface area contributed by atoms with Gasteiger partial charge in [0.15, 0.2) is 0 Å². The van der Waals surface area contributed by atoms with Crippen molar-refractivity contribution in [1.82, 2.24) is 14.8 Å². The minimum absolute atomic E-state index is 0.0272. The smallest absolute Gasteiger partial charge is 0.410 e. The van der Waals surface area contributed by atoms with E-state index in [0.29, 0.717) is 17.7 Å². The number of hydrogen-bond acceptors (Lipinski definition) is 7. The third kappa shape index (κ3) is 6.16. The van der Waals surface area contributed by atoms with Crippen LogP contribution in [0, 0.1) is 5.92 Å². The highest BCUT2D eigenvalue weighted by molar-refractivity contribution is 5.87. The molecule has 184 valence electrons. The van der Waals surface area contributed by atoms with Crippen molar-refractivity contribution in [2.75, 3.05) is 27.2 Å². The molecule has 2 fully saturated rings. The molecule has 0 aromatic carbocycles. The van der Waals surface area contributed by atoms with Gasteiger partial charge in [-0.25, -0.2) is 14.6 Å². The van der Waals surface area contributed by atoms with Crippen LogP contribution in [-0.4, -0.2) is 77.4 Å². The van der Waals surface area contributed by atoms with E-state index in [1.807, 2.05) is 25.7 Å². The van der Waals surface area contributed by atoms with Gasteiger partial charge in [0.05, 0.1) is 13.3 Å². The van der Waals surface area contributed by atoms with Crippen molar-refractivity contribution in [1.29, 1.82) is 0 Å². The second-order valence-electron chi connectivity index (χ2n) is 10.7. The van der Waals surface area contributed by atoms with Crippen LogP contribution in [0.1, 0.15) is 70.8 Å². The van der Waals surface area contributed by atoms with Gasteiger partial charge >= 0.3 is 12.1 Å². The molecule has 8 heteroatoms. The Labute approximate surface area is 197 Å². The average molecular weight is 462 g/mol. The van der Waals surface area contributed by atoms with Crippen LogP contribution in [0.4, 0.5) is 4.79 Å². The SMILES string of the molecule is COC(=O)c1ccc(OC2CC(N(C)C(C)(C)C3CCN(C(=O)OC(C)(C)C)CC3)C2)cn1. The first kappa shape index (κ1) is 25.3. The fourth-order valence-corrected chi connectivity index (χ4v) is 4.67. The van der Waals surface area contributed by atoms with Gasteiger partial charge in [0.25, 0.3) is 0 Å². The first-order valence-electron chi connectivity index (χ1n) is 11.8. The summed E-state index contributed by atoms with van der Waals surface area (Å²) in [7, 11) is 3.54. The van der Waals surface area contributed by atoms with Crippen LogP contribution < -0.4 is 4.74 Å². The molecule has 0 spiro atoms. The predicted molar refractivity (Wildman–Crippen MR) is 125 cm³/mol. The highest BCUT2D eigenvalue weighted by atomic mass is 16.6. The first-order chi connectivity index (χ1) is 15.4. The summed E-state index contributed by atoms with van der Waals surface area (Å²) < 4.78 is 16.2. The molecule has 3 rings (SSSR count).